The molecule has 0 spiro atoms. The number of amides is 1. The van der Waals surface area contributed by atoms with Crippen LogP contribution in [0.3, 0.4) is 0 Å². The molecule has 1 saturated heterocycles. The molecule has 1 fully saturated rings. The molecule has 7 nitrogen and oxygen atoms in total. The summed E-state index contributed by atoms with van der Waals surface area (Å²) in [5, 5.41) is 2.48. The van der Waals surface area contributed by atoms with E-state index in [4.69, 9.17) is 4.98 Å². The van der Waals surface area contributed by atoms with Gasteiger partial charge in [0.15, 0.2) is 5.13 Å². The van der Waals surface area contributed by atoms with Gasteiger partial charge in [-0.05, 0) is 55.6 Å². The molecule has 1 aliphatic rings. The summed E-state index contributed by atoms with van der Waals surface area (Å²) in [5.74, 6) is -0.177. The van der Waals surface area contributed by atoms with E-state index in [9.17, 15) is 13.2 Å². The quantitative estimate of drug-likeness (QED) is 0.358. The Morgan fingerprint density at radius 3 is 2.56 bits per heavy atom. The maximum Gasteiger partial charge on any atom is 0.252 e. The first-order valence-corrected chi connectivity index (χ1v) is 15.4. The molecule has 3 heterocycles. The number of carbonyl (C=O) groups excluding carboxylic acids is 1. The van der Waals surface area contributed by atoms with E-state index in [1.165, 1.54) is 27.0 Å². The minimum atomic E-state index is -3.48. The molecule has 0 atom stereocenters. The number of likely N-dealkylation sites (N-methyl/N-ethyl adjacent to an activating group) is 1. The first-order chi connectivity index (χ1) is 16.3. The van der Waals surface area contributed by atoms with Crippen molar-refractivity contribution < 1.29 is 13.2 Å². The lowest BCUT2D eigenvalue weighted by Gasteiger charge is -2.33. The number of sulfonamides is 1. The van der Waals surface area contributed by atoms with Crippen LogP contribution in [0.25, 0.3) is 10.2 Å². The fourth-order valence-electron chi connectivity index (χ4n) is 4.18. The number of halogens is 1. The zero-order chi connectivity index (χ0) is 24.3. The number of benzene rings is 1. The molecule has 3 aromatic rings. The third-order valence-corrected chi connectivity index (χ3v) is 11.1. The highest BCUT2D eigenvalue weighted by molar-refractivity contribution is 9.10. The van der Waals surface area contributed by atoms with E-state index >= 15 is 0 Å². The monoisotopic (exact) mass is 584 g/mol. The summed E-state index contributed by atoms with van der Waals surface area (Å²) in [5.41, 5.74) is 0.876. The minimum absolute atomic E-state index is 0.0402. The summed E-state index contributed by atoms with van der Waals surface area (Å²) < 4.78 is 29.6. The molecule has 1 aliphatic heterocycles. The number of fused-ring (bicyclic) bond motifs is 1. The highest BCUT2D eigenvalue weighted by Gasteiger charge is 2.35. The van der Waals surface area contributed by atoms with Gasteiger partial charge in [-0.2, -0.15) is 4.31 Å². The van der Waals surface area contributed by atoms with Crippen LogP contribution in [-0.2, 0) is 14.8 Å². The summed E-state index contributed by atoms with van der Waals surface area (Å²) >= 11 is 6.27. The van der Waals surface area contributed by atoms with Crippen molar-refractivity contribution in [3.8, 4) is 0 Å². The number of carbonyl (C=O) groups is 1. The predicted octanol–water partition coefficient (Wildman–Crippen LogP) is 4.90. The lowest BCUT2D eigenvalue weighted by molar-refractivity contribution is -0.123. The van der Waals surface area contributed by atoms with Gasteiger partial charge in [0.2, 0.25) is 5.91 Å². The normalized spacial score (nSPS) is 15.9. The minimum Gasteiger partial charge on any atom is -0.302 e. The van der Waals surface area contributed by atoms with Crippen molar-refractivity contribution in [2.24, 2.45) is 5.92 Å². The van der Waals surface area contributed by atoms with Crippen LogP contribution < -0.4 is 4.90 Å². The lowest BCUT2D eigenvalue weighted by atomic mass is 9.96. The number of rotatable bonds is 9. The summed E-state index contributed by atoms with van der Waals surface area (Å²) in [6.07, 6.45) is 1.03. The second-order valence-corrected chi connectivity index (χ2v) is 13.3. The van der Waals surface area contributed by atoms with Crippen molar-refractivity contribution in [1.82, 2.24) is 14.2 Å². The Kier molecular flexibility index (Phi) is 8.42. The zero-order valence-electron chi connectivity index (χ0n) is 19.3. The number of nitrogens with zero attached hydrogens (tertiary/aromatic N) is 4. The Hall–Kier alpha value is -1.37. The maximum absolute atomic E-state index is 13.7. The molecule has 0 aliphatic carbocycles. The number of aromatic nitrogens is 1. The van der Waals surface area contributed by atoms with E-state index in [1.807, 2.05) is 23.1 Å². The van der Waals surface area contributed by atoms with E-state index in [0.29, 0.717) is 41.8 Å². The molecule has 0 saturated carbocycles. The Bertz CT molecular complexity index is 1220. The molecular formula is C23H29BrN4O3S3. The first kappa shape index (κ1) is 25.7. The third kappa shape index (κ3) is 5.55. The Labute approximate surface area is 217 Å². The van der Waals surface area contributed by atoms with Crippen LogP contribution in [0.4, 0.5) is 5.13 Å². The van der Waals surface area contributed by atoms with Gasteiger partial charge in [0.25, 0.3) is 10.0 Å². The molecule has 1 amide bonds. The molecule has 184 valence electrons. The highest BCUT2D eigenvalue weighted by Crippen LogP contribution is 2.33. The molecule has 0 N–H and O–H groups in total. The Morgan fingerprint density at radius 2 is 1.91 bits per heavy atom. The van der Waals surface area contributed by atoms with Crippen molar-refractivity contribution in [2.75, 3.05) is 44.2 Å². The molecule has 34 heavy (non-hydrogen) atoms. The fourth-order valence-corrected chi connectivity index (χ4v) is 8.35. The van der Waals surface area contributed by atoms with Gasteiger partial charge in [0, 0.05) is 36.6 Å². The summed E-state index contributed by atoms with van der Waals surface area (Å²) in [4.78, 5) is 22.6. The molecule has 1 aromatic carbocycles. The van der Waals surface area contributed by atoms with Crippen LogP contribution in [0.1, 0.15) is 26.7 Å². The maximum atomic E-state index is 13.7. The fraction of sp³-hybridized carbons (Fsp3) is 0.478. The summed E-state index contributed by atoms with van der Waals surface area (Å²) in [6, 6.07) is 9.32. The Morgan fingerprint density at radius 1 is 1.18 bits per heavy atom. The number of hydrogen-bond donors (Lipinski definition) is 0. The SMILES string of the molecule is CCN(CC)CCN(C(=O)C1CCN(S(=O)(=O)c2cccs2)CC1)c1nc2ccc(Br)cc2s1. The van der Waals surface area contributed by atoms with Crippen LogP contribution in [0.2, 0.25) is 0 Å². The van der Waals surface area contributed by atoms with Gasteiger partial charge in [0.1, 0.15) is 4.21 Å². The average molecular weight is 586 g/mol. The Balaban J connectivity index is 1.52. The van der Waals surface area contributed by atoms with E-state index in [-0.39, 0.29) is 11.8 Å². The van der Waals surface area contributed by atoms with Gasteiger partial charge in [-0.1, -0.05) is 47.2 Å². The topological polar surface area (TPSA) is 73.8 Å². The van der Waals surface area contributed by atoms with Crippen LogP contribution in [0, 0.1) is 5.92 Å². The number of piperidine rings is 1. The van der Waals surface area contributed by atoms with Crippen LogP contribution in [-0.4, -0.2) is 67.8 Å². The molecule has 0 bridgehead atoms. The molecule has 0 unspecified atom stereocenters. The van der Waals surface area contributed by atoms with Gasteiger partial charge in [-0.3, -0.25) is 9.69 Å². The van der Waals surface area contributed by atoms with Crippen LogP contribution in [0.5, 0.6) is 0 Å². The average Bonchev–Trinajstić information content (AvgIpc) is 3.52. The molecular weight excluding hydrogens is 556 g/mol. The third-order valence-electron chi connectivity index (χ3n) is 6.26. The van der Waals surface area contributed by atoms with E-state index in [2.05, 4.69) is 34.7 Å². The molecule has 11 heteroatoms. The zero-order valence-corrected chi connectivity index (χ0v) is 23.4. The van der Waals surface area contributed by atoms with Crippen LogP contribution >= 0.6 is 38.6 Å². The number of thiazole rings is 1. The number of hydrogen-bond acceptors (Lipinski definition) is 7. The van der Waals surface area contributed by atoms with Gasteiger partial charge in [0.05, 0.1) is 10.2 Å². The lowest BCUT2D eigenvalue weighted by Crippen LogP contribution is -2.46. The molecule has 4 rings (SSSR count). The van der Waals surface area contributed by atoms with Crippen molar-refractivity contribution in [2.45, 2.75) is 30.9 Å². The van der Waals surface area contributed by atoms with Crippen molar-refractivity contribution in [3.05, 3.63) is 40.2 Å². The number of anilines is 1. The predicted molar refractivity (Wildman–Crippen MR) is 143 cm³/mol. The first-order valence-electron chi connectivity index (χ1n) is 11.5. The molecule has 2 aromatic heterocycles. The molecule has 0 radical (unpaired) electrons. The number of thiophene rings is 1. The second-order valence-electron chi connectivity index (χ2n) is 8.24. The highest BCUT2D eigenvalue weighted by atomic mass is 79.9. The van der Waals surface area contributed by atoms with Gasteiger partial charge < -0.3 is 4.90 Å². The standard InChI is InChI=1S/C23H29BrN4O3S3/c1-3-26(4-2)13-14-28(23-25-19-8-7-18(24)16-20(19)33-23)22(29)17-9-11-27(12-10-17)34(30,31)21-6-5-15-32-21/h5-8,15-17H,3-4,9-14H2,1-2H3. The summed E-state index contributed by atoms with van der Waals surface area (Å²) in [6.45, 7) is 8.12. The van der Waals surface area contributed by atoms with Crippen molar-refractivity contribution in [3.63, 3.8) is 0 Å². The van der Waals surface area contributed by atoms with Gasteiger partial charge in [-0.15, -0.1) is 11.3 Å². The van der Waals surface area contributed by atoms with Gasteiger partial charge in [-0.25, -0.2) is 13.4 Å². The smallest absolute Gasteiger partial charge is 0.252 e. The second kappa shape index (κ2) is 11.1. The largest absolute Gasteiger partial charge is 0.302 e. The van der Waals surface area contributed by atoms with E-state index in [0.717, 1.165) is 34.3 Å². The van der Waals surface area contributed by atoms with E-state index < -0.39 is 10.0 Å². The summed E-state index contributed by atoms with van der Waals surface area (Å²) in [7, 11) is -3.48. The van der Waals surface area contributed by atoms with E-state index in [1.54, 1.807) is 17.5 Å². The van der Waals surface area contributed by atoms with Gasteiger partial charge >= 0.3 is 0 Å². The van der Waals surface area contributed by atoms with Crippen LogP contribution in [0.15, 0.2) is 44.4 Å². The van der Waals surface area contributed by atoms with Crippen molar-refractivity contribution in [1.29, 1.82) is 0 Å². The van der Waals surface area contributed by atoms with Crippen molar-refractivity contribution >= 4 is 69.9 Å².